The molecule has 2 aromatic carbocycles. The molecule has 21 heavy (non-hydrogen) atoms. The van der Waals surface area contributed by atoms with E-state index < -0.39 is 11.7 Å². The molecule has 2 rings (SSSR count). The summed E-state index contributed by atoms with van der Waals surface area (Å²) in [6.45, 7) is 0. The number of benzene rings is 2. The van der Waals surface area contributed by atoms with Crippen molar-refractivity contribution in [3.63, 3.8) is 0 Å². The van der Waals surface area contributed by atoms with Gasteiger partial charge in [0.1, 0.15) is 0 Å². The first-order valence-electron chi connectivity index (χ1n) is 6.51. The van der Waals surface area contributed by atoms with E-state index in [4.69, 9.17) is 5.73 Å². The van der Waals surface area contributed by atoms with E-state index in [-0.39, 0.29) is 6.04 Å². The number of alkyl halides is 3. The molecule has 5 heteroatoms. The fraction of sp³-hybridized carbons (Fsp3) is 0.250. The van der Waals surface area contributed by atoms with E-state index in [0.717, 1.165) is 16.1 Å². The van der Waals surface area contributed by atoms with Gasteiger partial charge in [0.05, 0.1) is 5.56 Å². The van der Waals surface area contributed by atoms with Gasteiger partial charge in [-0.3, -0.25) is 0 Å². The van der Waals surface area contributed by atoms with Crippen LogP contribution in [0.15, 0.2) is 53.0 Å². The zero-order valence-electron chi connectivity index (χ0n) is 11.2. The molecule has 2 aromatic rings. The van der Waals surface area contributed by atoms with E-state index in [9.17, 15) is 13.2 Å². The normalized spacial score (nSPS) is 13.2. The third kappa shape index (κ3) is 4.86. The van der Waals surface area contributed by atoms with Crippen molar-refractivity contribution in [2.24, 2.45) is 5.73 Å². The van der Waals surface area contributed by atoms with Crippen molar-refractivity contribution >= 4 is 15.9 Å². The van der Waals surface area contributed by atoms with Crippen molar-refractivity contribution in [3.05, 3.63) is 69.7 Å². The Morgan fingerprint density at radius 3 is 2.19 bits per heavy atom. The van der Waals surface area contributed by atoms with E-state index >= 15 is 0 Å². The Morgan fingerprint density at radius 2 is 1.57 bits per heavy atom. The second-order valence-corrected chi connectivity index (χ2v) is 5.91. The number of hydrogen-bond acceptors (Lipinski definition) is 1. The molecule has 0 spiro atoms. The SMILES string of the molecule is NC(Cc1ccc(Br)cc1)Cc1cccc(C(F)(F)F)c1. The summed E-state index contributed by atoms with van der Waals surface area (Å²) in [6.07, 6.45) is -3.27. The van der Waals surface area contributed by atoms with Gasteiger partial charge < -0.3 is 5.73 Å². The molecule has 0 amide bonds. The average molecular weight is 358 g/mol. The molecule has 0 aromatic heterocycles. The van der Waals surface area contributed by atoms with Crippen LogP contribution in [0.4, 0.5) is 13.2 Å². The number of rotatable bonds is 4. The van der Waals surface area contributed by atoms with Gasteiger partial charge >= 0.3 is 6.18 Å². The highest BCUT2D eigenvalue weighted by Crippen LogP contribution is 2.29. The molecule has 0 aliphatic rings. The van der Waals surface area contributed by atoms with Gasteiger partial charge in [-0.2, -0.15) is 13.2 Å². The monoisotopic (exact) mass is 357 g/mol. The van der Waals surface area contributed by atoms with Gasteiger partial charge in [0, 0.05) is 10.5 Å². The number of halogens is 4. The van der Waals surface area contributed by atoms with Crippen LogP contribution in [-0.4, -0.2) is 6.04 Å². The van der Waals surface area contributed by atoms with E-state index in [2.05, 4.69) is 15.9 Å². The van der Waals surface area contributed by atoms with Gasteiger partial charge in [-0.1, -0.05) is 46.3 Å². The van der Waals surface area contributed by atoms with E-state index in [1.807, 2.05) is 24.3 Å². The second kappa shape index (κ2) is 6.62. The summed E-state index contributed by atoms with van der Waals surface area (Å²) in [5.74, 6) is 0. The Kier molecular flexibility index (Phi) is 5.06. The zero-order chi connectivity index (χ0) is 15.5. The van der Waals surface area contributed by atoms with Gasteiger partial charge in [-0.15, -0.1) is 0 Å². The molecule has 0 saturated heterocycles. The molecule has 0 fully saturated rings. The Bertz CT molecular complexity index is 593. The predicted octanol–water partition coefficient (Wildman–Crippen LogP) is 4.58. The van der Waals surface area contributed by atoms with Crippen molar-refractivity contribution < 1.29 is 13.2 Å². The lowest BCUT2D eigenvalue weighted by Crippen LogP contribution is -2.25. The predicted molar refractivity (Wildman–Crippen MR) is 81.0 cm³/mol. The van der Waals surface area contributed by atoms with Crippen LogP contribution in [0, 0.1) is 0 Å². The van der Waals surface area contributed by atoms with Crippen LogP contribution in [0.3, 0.4) is 0 Å². The van der Waals surface area contributed by atoms with Gasteiger partial charge in [0.2, 0.25) is 0 Å². The Labute approximate surface area is 130 Å². The van der Waals surface area contributed by atoms with Crippen LogP contribution in [-0.2, 0) is 19.0 Å². The van der Waals surface area contributed by atoms with Gasteiger partial charge in [-0.05, 0) is 42.2 Å². The molecule has 1 unspecified atom stereocenters. The van der Waals surface area contributed by atoms with E-state index in [0.29, 0.717) is 18.4 Å². The van der Waals surface area contributed by atoms with Crippen molar-refractivity contribution in [3.8, 4) is 0 Å². The zero-order valence-corrected chi connectivity index (χ0v) is 12.8. The van der Waals surface area contributed by atoms with Crippen molar-refractivity contribution in [1.82, 2.24) is 0 Å². The van der Waals surface area contributed by atoms with Crippen LogP contribution in [0.1, 0.15) is 16.7 Å². The largest absolute Gasteiger partial charge is 0.416 e. The molecule has 0 aliphatic heterocycles. The third-order valence-electron chi connectivity index (χ3n) is 3.16. The molecule has 112 valence electrons. The maximum Gasteiger partial charge on any atom is 0.416 e. The minimum atomic E-state index is -4.31. The fourth-order valence-electron chi connectivity index (χ4n) is 2.17. The Hall–Kier alpha value is -1.33. The summed E-state index contributed by atoms with van der Waals surface area (Å²) in [4.78, 5) is 0. The van der Waals surface area contributed by atoms with Crippen LogP contribution < -0.4 is 5.73 Å². The molecule has 0 radical (unpaired) electrons. The molecular weight excluding hydrogens is 343 g/mol. The Balaban J connectivity index is 2.02. The Morgan fingerprint density at radius 1 is 0.952 bits per heavy atom. The van der Waals surface area contributed by atoms with Crippen LogP contribution in [0.25, 0.3) is 0 Å². The number of hydrogen-bond donors (Lipinski definition) is 1. The van der Waals surface area contributed by atoms with E-state index in [1.54, 1.807) is 6.07 Å². The fourth-order valence-corrected chi connectivity index (χ4v) is 2.44. The molecule has 1 atom stereocenters. The molecule has 1 nitrogen and oxygen atoms in total. The molecular formula is C16H15BrF3N. The first-order chi connectivity index (χ1) is 9.84. The van der Waals surface area contributed by atoms with Crippen molar-refractivity contribution in [1.29, 1.82) is 0 Å². The van der Waals surface area contributed by atoms with Crippen molar-refractivity contribution in [2.75, 3.05) is 0 Å². The molecule has 0 bridgehead atoms. The smallest absolute Gasteiger partial charge is 0.327 e. The minimum Gasteiger partial charge on any atom is -0.327 e. The summed E-state index contributed by atoms with van der Waals surface area (Å²) in [5, 5.41) is 0. The molecule has 0 saturated carbocycles. The topological polar surface area (TPSA) is 26.0 Å². The summed E-state index contributed by atoms with van der Waals surface area (Å²) < 4.78 is 38.9. The molecule has 0 heterocycles. The minimum absolute atomic E-state index is 0.213. The van der Waals surface area contributed by atoms with Gasteiger partial charge in [0.15, 0.2) is 0 Å². The van der Waals surface area contributed by atoms with Gasteiger partial charge in [-0.25, -0.2) is 0 Å². The quantitative estimate of drug-likeness (QED) is 0.851. The lowest BCUT2D eigenvalue weighted by Gasteiger charge is -2.13. The summed E-state index contributed by atoms with van der Waals surface area (Å²) in [7, 11) is 0. The maximum atomic E-state index is 12.7. The summed E-state index contributed by atoms with van der Waals surface area (Å²) in [5.41, 5.74) is 7.09. The standard InChI is InChI=1S/C16H15BrF3N/c17-14-6-4-11(5-7-14)9-15(21)10-12-2-1-3-13(8-12)16(18,19)20/h1-8,15H,9-10,21H2. The van der Waals surface area contributed by atoms with Gasteiger partial charge in [0.25, 0.3) is 0 Å². The van der Waals surface area contributed by atoms with E-state index in [1.165, 1.54) is 12.1 Å². The lowest BCUT2D eigenvalue weighted by atomic mass is 9.98. The van der Waals surface area contributed by atoms with Crippen LogP contribution in [0.5, 0.6) is 0 Å². The average Bonchev–Trinajstić information content (AvgIpc) is 2.41. The first-order valence-corrected chi connectivity index (χ1v) is 7.30. The highest BCUT2D eigenvalue weighted by molar-refractivity contribution is 9.10. The maximum absolute atomic E-state index is 12.7. The number of nitrogens with two attached hydrogens (primary N) is 1. The molecule has 0 aliphatic carbocycles. The summed E-state index contributed by atoms with van der Waals surface area (Å²) >= 11 is 3.35. The summed E-state index contributed by atoms with van der Waals surface area (Å²) in [6, 6.07) is 12.9. The molecule has 2 N–H and O–H groups in total. The van der Waals surface area contributed by atoms with Crippen LogP contribution >= 0.6 is 15.9 Å². The highest BCUT2D eigenvalue weighted by atomic mass is 79.9. The van der Waals surface area contributed by atoms with Crippen molar-refractivity contribution in [2.45, 2.75) is 25.1 Å². The highest BCUT2D eigenvalue weighted by Gasteiger charge is 2.30. The second-order valence-electron chi connectivity index (χ2n) is 4.99. The third-order valence-corrected chi connectivity index (χ3v) is 3.69. The van der Waals surface area contributed by atoms with Crippen LogP contribution in [0.2, 0.25) is 0 Å². The first kappa shape index (κ1) is 16.0. The lowest BCUT2D eigenvalue weighted by molar-refractivity contribution is -0.137.